The Labute approximate surface area is 152 Å². The van der Waals surface area contributed by atoms with Crippen LogP contribution in [0.25, 0.3) is 0 Å². The lowest BCUT2D eigenvalue weighted by Gasteiger charge is -2.37. The molecule has 24 heavy (non-hydrogen) atoms. The molecule has 0 aliphatic carbocycles. The highest BCUT2D eigenvalue weighted by molar-refractivity contribution is 6.74. The quantitative estimate of drug-likeness (QED) is 0.449. The lowest BCUT2D eigenvalue weighted by molar-refractivity contribution is -0.168. The maximum absolute atomic E-state index is 6.34. The second-order valence-electron chi connectivity index (χ2n) is 9.34. The van der Waals surface area contributed by atoms with Crippen LogP contribution in [0, 0.1) is 11.8 Å². The fourth-order valence-electron chi connectivity index (χ4n) is 2.66. The SMILES string of the molecule is C[C@@H](CCC[C@H](C)CO[Si](C)(C)C(C)(C)C)COC1CCCCO1. The van der Waals surface area contributed by atoms with Crippen molar-refractivity contribution in [3.63, 3.8) is 0 Å². The summed E-state index contributed by atoms with van der Waals surface area (Å²) in [5, 5.41) is 0.305. The van der Waals surface area contributed by atoms with Crippen molar-refractivity contribution in [2.24, 2.45) is 11.8 Å². The van der Waals surface area contributed by atoms with Gasteiger partial charge in [-0.1, -0.05) is 41.0 Å². The van der Waals surface area contributed by atoms with Crippen LogP contribution in [0.3, 0.4) is 0 Å². The fourth-order valence-corrected chi connectivity index (χ4v) is 3.80. The molecule has 144 valence electrons. The Morgan fingerprint density at radius 3 is 2.21 bits per heavy atom. The van der Waals surface area contributed by atoms with E-state index < -0.39 is 8.32 Å². The summed E-state index contributed by atoms with van der Waals surface area (Å²) in [6.45, 7) is 18.8. The summed E-state index contributed by atoms with van der Waals surface area (Å²) >= 11 is 0. The molecule has 0 amide bonds. The van der Waals surface area contributed by atoms with Crippen LogP contribution < -0.4 is 0 Å². The summed E-state index contributed by atoms with van der Waals surface area (Å²) in [7, 11) is -1.59. The Bertz CT molecular complexity index is 332. The van der Waals surface area contributed by atoms with Gasteiger partial charge < -0.3 is 13.9 Å². The molecule has 1 heterocycles. The molecule has 1 aliphatic heterocycles. The Hall–Kier alpha value is 0.0969. The van der Waals surface area contributed by atoms with Crippen LogP contribution in [-0.4, -0.2) is 34.4 Å². The third kappa shape index (κ3) is 8.46. The van der Waals surface area contributed by atoms with Crippen LogP contribution in [0.1, 0.15) is 73.1 Å². The molecule has 0 spiro atoms. The van der Waals surface area contributed by atoms with E-state index in [1.165, 1.54) is 32.1 Å². The van der Waals surface area contributed by atoms with Crippen molar-refractivity contribution in [2.75, 3.05) is 19.8 Å². The molecular formula is C20H42O3Si. The topological polar surface area (TPSA) is 27.7 Å². The second kappa shape index (κ2) is 10.3. The predicted octanol–water partition coefficient (Wildman–Crippen LogP) is 5.99. The summed E-state index contributed by atoms with van der Waals surface area (Å²) in [5.41, 5.74) is 0. The minimum Gasteiger partial charge on any atom is -0.417 e. The smallest absolute Gasteiger partial charge is 0.191 e. The van der Waals surface area contributed by atoms with E-state index in [9.17, 15) is 0 Å². The van der Waals surface area contributed by atoms with Gasteiger partial charge in [0.05, 0.1) is 6.61 Å². The Balaban J connectivity index is 2.10. The van der Waals surface area contributed by atoms with Gasteiger partial charge >= 0.3 is 0 Å². The minimum absolute atomic E-state index is 0.0538. The Morgan fingerprint density at radius 2 is 1.67 bits per heavy atom. The molecule has 3 nitrogen and oxygen atoms in total. The van der Waals surface area contributed by atoms with E-state index in [2.05, 4.69) is 47.7 Å². The number of ether oxygens (including phenoxy) is 2. The Kier molecular flexibility index (Phi) is 9.50. The van der Waals surface area contributed by atoms with Gasteiger partial charge in [0.1, 0.15) is 0 Å². The zero-order valence-corrected chi connectivity index (χ0v) is 18.3. The fraction of sp³-hybridized carbons (Fsp3) is 1.00. The van der Waals surface area contributed by atoms with Crippen LogP contribution in [0.4, 0.5) is 0 Å². The summed E-state index contributed by atoms with van der Waals surface area (Å²) in [6, 6.07) is 0. The van der Waals surface area contributed by atoms with Crippen LogP contribution >= 0.6 is 0 Å². The standard InChI is InChI=1S/C20H42O3Si/c1-17(15-22-19-13-8-9-14-21-19)11-10-12-18(2)16-23-24(6,7)20(3,4)5/h17-19H,8-16H2,1-7H3/t17-,18-,19?/m0/s1. The molecule has 0 radical (unpaired) electrons. The van der Waals surface area contributed by atoms with Crippen molar-refractivity contribution in [1.29, 1.82) is 0 Å². The van der Waals surface area contributed by atoms with Gasteiger partial charge in [-0.3, -0.25) is 0 Å². The maximum Gasteiger partial charge on any atom is 0.191 e. The number of rotatable bonds is 10. The van der Waals surface area contributed by atoms with Crippen molar-refractivity contribution in [1.82, 2.24) is 0 Å². The molecule has 3 atom stereocenters. The molecule has 0 bridgehead atoms. The minimum atomic E-state index is -1.59. The summed E-state index contributed by atoms with van der Waals surface area (Å²) in [5.74, 6) is 1.26. The average Bonchev–Trinajstić information content (AvgIpc) is 2.51. The van der Waals surface area contributed by atoms with E-state index in [1.807, 2.05) is 0 Å². The van der Waals surface area contributed by atoms with Gasteiger partial charge in [-0.25, -0.2) is 0 Å². The van der Waals surface area contributed by atoms with Gasteiger partial charge in [0.2, 0.25) is 0 Å². The van der Waals surface area contributed by atoms with Crippen molar-refractivity contribution < 1.29 is 13.9 Å². The molecule has 0 aromatic heterocycles. The van der Waals surface area contributed by atoms with Gasteiger partial charge in [-0.15, -0.1) is 0 Å². The van der Waals surface area contributed by atoms with Crippen molar-refractivity contribution in [3.8, 4) is 0 Å². The zero-order valence-electron chi connectivity index (χ0n) is 17.3. The molecular weight excluding hydrogens is 316 g/mol. The molecule has 0 saturated carbocycles. The number of hydrogen-bond acceptors (Lipinski definition) is 3. The monoisotopic (exact) mass is 358 g/mol. The third-order valence-electron chi connectivity index (χ3n) is 5.63. The third-order valence-corrected chi connectivity index (χ3v) is 10.1. The number of hydrogen-bond donors (Lipinski definition) is 0. The lowest BCUT2D eigenvalue weighted by atomic mass is 10.00. The van der Waals surface area contributed by atoms with Crippen LogP contribution in [-0.2, 0) is 13.9 Å². The summed E-state index contributed by atoms with van der Waals surface area (Å²) < 4.78 is 17.9. The van der Waals surface area contributed by atoms with E-state index in [1.54, 1.807) is 0 Å². The van der Waals surface area contributed by atoms with Crippen LogP contribution in [0.2, 0.25) is 18.1 Å². The van der Waals surface area contributed by atoms with E-state index in [4.69, 9.17) is 13.9 Å². The molecule has 0 aromatic rings. The van der Waals surface area contributed by atoms with Gasteiger partial charge in [-0.05, 0) is 62.1 Å². The predicted molar refractivity (Wildman–Crippen MR) is 105 cm³/mol. The normalized spacial score (nSPS) is 22.4. The largest absolute Gasteiger partial charge is 0.417 e. The van der Waals surface area contributed by atoms with Gasteiger partial charge in [0.15, 0.2) is 14.6 Å². The molecule has 1 fully saturated rings. The second-order valence-corrected chi connectivity index (χ2v) is 14.2. The van der Waals surface area contributed by atoms with Gasteiger partial charge in [0.25, 0.3) is 0 Å². The molecule has 0 aromatic carbocycles. The highest BCUT2D eigenvalue weighted by atomic mass is 28.4. The van der Waals surface area contributed by atoms with Crippen LogP contribution in [0.15, 0.2) is 0 Å². The average molecular weight is 359 g/mol. The first-order valence-electron chi connectivity index (χ1n) is 9.99. The van der Waals surface area contributed by atoms with Crippen molar-refractivity contribution >= 4 is 8.32 Å². The summed E-state index contributed by atoms with van der Waals surface area (Å²) in [6.07, 6.45) is 7.29. The first kappa shape index (κ1) is 22.1. The Morgan fingerprint density at radius 1 is 1.04 bits per heavy atom. The highest BCUT2D eigenvalue weighted by Gasteiger charge is 2.37. The van der Waals surface area contributed by atoms with E-state index in [0.29, 0.717) is 16.9 Å². The van der Waals surface area contributed by atoms with Crippen LogP contribution in [0.5, 0.6) is 0 Å². The van der Waals surface area contributed by atoms with E-state index in [-0.39, 0.29) is 6.29 Å². The molecule has 1 rings (SSSR count). The van der Waals surface area contributed by atoms with Crippen molar-refractivity contribution in [2.45, 2.75) is 97.6 Å². The first-order chi connectivity index (χ1) is 11.1. The van der Waals surface area contributed by atoms with Crippen molar-refractivity contribution in [3.05, 3.63) is 0 Å². The highest BCUT2D eigenvalue weighted by Crippen LogP contribution is 2.36. The zero-order chi connectivity index (χ0) is 18.2. The van der Waals surface area contributed by atoms with E-state index >= 15 is 0 Å². The summed E-state index contributed by atoms with van der Waals surface area (Å²) in [4.78, 5) is 0. The maximum atomic E-state index is 6.34. The van der Waals surface area contributed by atoms with E-state index in [0.717, 1.165) is 26.2 Å². The first-order valence-corrected chi connectivity index (χ1v) is 12.9. The molecule has 0 N–H and O–H groups in total. The molecule has 4 heteroatoms. The van der Waals surface area contributed by atoms with Gasteiger partial charge in [-0.2, -0.15) is 0 Å². The lowest BCUT2D eigenvalue weighted by Crippen LogP contribution is -2.41. The molecule has 1 saturated heterocycles. The molecule has 1 aliphatic rings. The van der Waals surface area contributed by atoms with Gasteiger partial charge in [0, 0.05) is 13.2 Å². The molecule has 1 unspecified atom stereocenters.